The minimum atomic E-state index is -1.22. The van der Waals surface area contributed by atoms with Crippen LogP contribution in [0.5, 0.6) is 0 Å². The topological polar surface area (TPSA) is 186 Å². The monoisotopic (exact) mass is 508 g/mol. The number of aliphatic carboxylic acids is 1. The van der Waals surface area contributed by atoms with Crippen molar-refractivity contribution in [3.63, 3.8) is 0 Å². The van der Waals surface area contributed by atoms with Crippen molar-refractivity contribution < 1.29 is 24.3 Å². The molecule has 2 aromatic carbocycles. The van der Waals surface area contributed by atoms with Gasteiger partial charge >= 0.3 is 5.97 Å². The average molecular weight is 509 g/mol. The summed E-state index contributed by atoms with van der Waals surface area (Å²) >= 11 is 11.8. The first-order valence-corrected chi connectivity index (χ1v) is 10.5. The van der Waals surface area contributed by atoms with Crippen LogP contribution in [0.25, 0.3) is 0 Å². The molecule has 0 aliphatic carbocycles. The first-order valence-electron chi connectivity index (χ1n) is 9.78. The molecule has 0 radical (unpaired) electrons. The molecular weight excluding hydrogens is 487 g/mol. The Bertz CT molecular complexity index is 1090. The number of guanidine groups is 1. The second-order valence-electron chi connectivity index (χ2n) is 7.07. The lowest BCUT2D eigenvalue weighted by Crippen LogP contribution is -2.44. The Kier molecular flexibility index (Phi) is 9.65. The molecule has 0 saturated carbocycles. The minimum absolute atomic E-state index is 0.209. The Morgan fingerprint density at radius 3 is 2.24 bits per heavy atom. The van der Waals surface area contributed by atoms with Gasteiger partial charge in [-0.05, 0) is 36.4 Å². The van der Waals surface area contributed by atoms with Gasteiger partial charge in [-0.25, -0.2) is 0 Å². The highest BCUT2D eigenvalue weighted by atomic mass is 35.5. The van der Waals surface area contributed by atoms with E-state index in [1.165, 1.54) is 30.3 Å². The molecule has 0 bridgehead atoms. The summed E-state index contributed by atoms with van der Waals surface area (Å²) in [6, 6.07) is 9.49. The van der Waals surface area contributed by atoms with Gasteiger partial charge in [0.1, 0.15) is 0 Å². The van der Waals surface area contributed by atoms with Crippen LogP contribution in [0.3, 0.4) is 0 Å². The Hall–Kier alpha value is -3.83. The fourth-order valence-electron chi connectivity index (χ4n) is 2.88. The van der Waals surface area contributed by atoms with Gasteiger partial charge < -0.3 is 32.1 Å². The molecule has 0 spiro atoms. The Morgan fingerprint density at radius 1 is 0.941 bits per heavy atom. The maximum Gasteiger partial charge on any atom is 0.305 e. The minimum Gasteiger partial charge on any atom is -0.481 e. The third-order valence-corrected chi connectivity index (χ3v) is 4.61. The lowest BCUT2D eigenvalue weighted by atomic mass is 10.1. The number of hydrogen-bond acceptors (Lipinski definition) is 5. The van der Waals surface area contributed by atoms with E-state index >= 15 is 0 Å². The molecular formula is C21H22Cl2N6O5. The Morgan fingerprint density at radius 2 is 1.62 bits per heavy atom. The van der Waals surface area contributed by atoms with Crippen LogP contribution in [0.1, 0.15) is 23.2 Å². The van der Waals surface area contributed by atoms with Crippen molar-refractivity contribution in [2.24, 2.45) is 5.73 Å². The van der Waals surface area contributed by atoms with Crippen molar-refractivity contribution in [1.29, 1.82) is 5.41 Å². The zero-order valence-electron chi connectivity index (χ0n) is 17.7. The lowest BCUT2D eigenvalue weighted by molar-refractivity contribution is -0.137. The molecule has 0 aromatic heterocycles. The van der Waals surface area contributed by atoms with Gasteiger partial charge in [0.2, 0.25) is 11.8 Å². The number of amides is 3. The predicted octanol–water partition coefficient (Wildman–Crippen LogP) is 2.02. The number of hydrogen-bond donors (Lipinski definition) is 7. The first-order chi connectivity index (χ1) is 16.0. The van der Waals surface area contributed by atoms with E-state index in [4.69, 9.17) is 39.5 Å². The standard InChI is InChI=1S/C21H22Cl2N6O5/c22-12-5-13(23)7-15(6-12)27-17(30)8-16(9-19(32)33)28-18(31)10-26-20(34)11-2-1-3-14(4-11)29-21(24)25/h1-7,16H,8-10H2,(H,26,34)(H,27,30)(H,28,31)(H,32,33)(H4,24,25,29). The highest BCUT2D eigenvalue weighted by molar-refractivity contribution is 6.35. The van der Waals surface area contributed by atoms with Gasteiger partial charge in [0.15, 0.2) is 5.96 Å². The van der Waals surface area contributed by atoms with Crippen molar-refractivity contribution in [3.05, 3.63) is 58.1 Å². The summed E-state index contributed by atoms with van der Waals surface area (Å²) < 4.78 is 0. The number of benzene rings is 2. The molecule has 2 rings (SSSR count). The maximum absolute atomic E-state index is 12.3. The van der Waals surface area contributed by atoms with Crippen LogP contribution < -0.4 is 27.0 Å². The lowest BCUT2D eigenvalue weighted by Gasteiger charge is -2.17. The van der Waals surface area contributed by atoms with Gasteiger partial charge in [0, 0.05) is 39.4 Å². The molecule has 3 amide bonds. The van der Waals surface area contributed by atoms with Gasteiger partial charge in [-0.1, -0.05) is 29.3 Å². The van der Waals surface area contributed by atoms with Crippen LogP contribution in [-0.4, -0.2) is 47.3 Å². The highest BCUT2D eigenvalue weighted by Gasteiger charge is 2.20. The number of rotatable bonds is 10. The number of carboxylic acids is 1. The molecule has 0 heterocycles. The molecule has 8 N–H and O–H groups in total. The zero-order valence-corrected chi connectivity index (χ0v) is 19.2. The van der Waals surface area contributed by atoms with Gasteiger partial charge in [-0.2, -0.15) is 0 Å². The highest BCUT2D eigenvalue weighted by Crippen LogP contribution is 2.22. The fourth-order valence-corrected chi connectivity index (χ4v) is 3.41. The molecule has 34 heavy (non-hydrogen) atoms. The number of nitrogens with one attached hydrogen (secondary N) is 5. The summed E-state index contributed by atoms with van der Waals surface area (Å²) in [6.07, 6.45) is -0.850. The van der Waals surface area contributed by atoms with E-state index < -0.39 is 42.7 Å². The summed E-state index contributed by atoms with van der Waals surface area (Å²) in [5.74, 6) is -3.35. The van der Waals surface area contributed by atoms with Crippen LogP contribution >= 0.6 is 23.2 Å². The molecule has 11 nitrogen and oxygen atoms in total. The number of carbonyl (C=O) groups is 4. The molecule has 0 fully saturated rings. The molecule has 180 valence electrons. The second-order valence-corrected chi connectivity index (χ2v) is 7.95. The van der Waals surface area contributed by atoms with E-state index in [0.717, 1.165) is 0 Å². The van der Waals surface area contributed by atoms with Crippen molar-refractivity contribution >= 4 is 64.2 Å². The Balaban J connectivity index is 1.93. The third-order valence-electron chi connectivity index (χ3n) is 4.18. The summed E-state index contributed by atoms with van der Waals surface area (Å²) in [5.41, 5.74) is 6.20. The van der Waals surface area contributed by atoms with E-state index in [0.29, 0.717) is 21.4 Å². The van der Waals surface area contributed by atoms with Crippen LogP contribution in [0, 0.1) is 5.41 Å². The maximum atomic E-state index is 12.3. The summed E-state index contributed by atoms with van der Waals surface area (Å²) in [7, 11) is 0. The number of carbonyl (C=O) groups excluding carboxylic acids is 3. The van der Waals surface area contributed by atoms with Gasteiger partial charge in [0.05, 0.1) is 13.0 Å². The van der Waals surface area contributed by atoms with E-state index in [1.807, 2.05) is 0 Å². The van der Waals surface area contributed by atoms with E-state index in [1.54, 1.807) is 12.1 Å². The smallest absolute Gasteiger partial charge is 0.305 e. The third kappa shape index (κ3) is 9.35. The van der Waals surface area contributed by atoms with E-state index in [-0.39, 0.29) is 17.9 Å². The number of anilines is 2. The molecule has 2 aromatic rings. The van der Waals surface area contributed by atoms with Crippen molar-refractivity contribution in [2.75, 3.05) is 17.2 Å². The molecule has 13 heteroatoms. The molecule has 1 unspecified atom stereocenters. The van der Waals surface area contributed by atoms with Crippen molar-refractivity contribution in [3.8, 4) is 0 Å². The van der Waals surface area contributed by atoms with Crippen molar-refractivity contribution in [2.45, 2.75) is 18.9 Å². The number of nitrogens with two attached hydrogens (primary N) is 1. The summed E-state index contributed by atoms with van der Waals surface area (Å²) in [5, 5.41) is 26.9. The Labute approximate surface area is 204 Å². The van der Waals surface area contributed by atoms with Crippen molar-refractivity contribution in [1.82, 2.24) is 10.6 Å². The first kappa shape index (κ1) is 26.4. The molecule has 1 atom stereocenters. The average Bonchev–Trinajstić information content (AvgIpc) is 2.70. The number of halogens is 2. The quantitative estimate of drug-likeness (QED) is 0.189. The molecule has 0 aliphatic rings. The second kappa shape index (κ2) is 12.4. The SMILES string of the molecule is N=C(N)Nc1cccc(C(=O)NCC(=O)NC(CC(=O)O)CC(=O)Nc2cc(Cl)cc(Cl)c2)c1. The zero-order chi connectivity index (χ0) is 25.3. The van der Waals surface area contributed by atoms with Crippen LogP contribution in [0.4, 0.5) is 11.4 Å². The predicted molar refractivity (Wildman–Crippen MR) is 128 cm³/mol. The van der Waals surface area contributed by atoms with Gasteiger partial charge in [-0.3, -0.25) is 24.6 Å². The summed E-state index contributed by atoms with van der Waals surface area (Å²) in [4.78, 5) is 48.1. The van der Waals surface area contributed by atoms with Gasteiger partial charge in [-0.15, -0.1) is 0 Å². The fraction of sp³-hybridized carbons (Fsp3) is 0.190. The number of carboxylic acid groups (broad SMARTS) is 1. The van der Waals surface area contributed by atoms with Crippen LogP contribution in [-0.2, 0) is 14.4 Å². The van der Waals surface area contributed by atoms with E-state index in [9.17, 15) is 19.2 Å². The van der Waals surface area contributed by atoms with E-state index in [2.05, 4.69) is 21.3 Å². The van der Waals surface area contributed by atoms with Crippen LogP contribution in [0.2, 0.25) is 10.0 Å². The van der Waals surface area contributed by atoms with Crippen LogP contribution in [0.15, 0.2) is 42.5 Å². The molecule has 0 aliphatic heterocycles. The normalized spacial score (nSPS) is 11.1. The van der Waals surface area contributed by atoms with Gasteiger partial charge in [0.25, 0.3) is 5.91 Å². The summed E-state index contributed by atoms with van der Waals surface area (Å²) in [6.45, 7) is -0.454. The molecule has 0 saturated heterocycles. The largest absolute Gasteiger partial charge is 0.481 e.